The maximum Gasteiger partial charge on any atom is 0.251 e. The third kappa shape index (κ3) is 2.18. The lowest BCUT2D eigenvalue weighted by Gasteiger charge is -2.11. The first kappa shape index (κ1) is 13.1. The Kier molecular flexibility index (Phi) is 2.99. The number of carbonyl (C=O) groups excluding carboxylic acids is 1. The fraction of sp³-hybridized carbons (Fsp3) is 0.400. The lowest BCUT2D eigenvalue weighted by atomic mass is 10.1. The average Bonchev–Trinajstić information content (AvgIpc) is 3.21. The number of hydrogen-bond donors (Lipinski definition) is 1. The van der Waals surface area contributed by atoms with E-state index in [4.69, 9.17) is 9.47 Å². The van der Waals surface area contributed by atoms with E-state index in [1.807, 2.05) is 6.92 Å². The van der Waals surface area contributed by atoms with E-state index in [2.05, 4.69) is 20.1 Å². The van der Waals surface area contributed by atoms with Crippen LogP contribution in [0.5, 0.6) is 11.5 Å². The molecule has 22 heavy (non-hydrogen) atoms. The van der Waals surface area contributed by atoms with Gasteiger partial charge in [-0.25, -0.2) is 0 Å². The predicted molar refractivity (Wildman–Crippen MR) is 76.9 cm³/mol. The second-order valence-electron chi connectivity index (χ2n) is 5.62. The van der Waals surface area contributed by atoms with Gasteiger partial charge in [-0.15, -0.1) is 10.2 Å². The molecule has 0 saturated carbocycles. The highest BCUT2D eigenvalue weighted by Crippen LogP contribution is 2.32. The summed E-state index contributed by atoms with van der Waals surface area (Å²) in [7, 11) is 0. The first-order valence-electron chi connectivity index (χ1n) is 7.27. The normalized spacial score (nSPS) is 18.3. The summed E-state index contributed by atoms with van der Waals surface area (Å²) < 4.78 is 12.6. The number of fused-ring (bicyclic) bond motifs is 2. The third-order valence-electron chi connectivity index (χ3n) is 4.11. The zero-order chi connectivity index (χ0) is 15.1. The maximum absolute atomic E-state index is 12.2. The van der Waals surface area contributed by atoms with Crippen LogP contribution in [0.3, 0.4) is 0 Å². The minimum atomic E-state index is -0.0994. The van der Waals surface area contributed by atoms with E-state index < -0.39 is 0 Å². The molecule has 0 fully saturated rings. The molecule has 2 aliphatic heterocycles. The summed E-state index contributed by atoms with van der Waals surface area (Å²) in [5, 5.41) is 11.2. The molecule has 0 bridgehead atoms. The fourth-order valence-electron chi connectivity index (χ4n) is 2.91. The zero-order valence-electron chi connectivity index (χ0n) is 12.2. The Morgan fingerprint density at radius 1 is 1.36 bits per heavy atom. The molecule has 1 aromatic carbocycles. The van der Waals surface area contributed by atoms with E-state index in [0.717, 1.165) is 24.6 Å². The smallest absolute Gasteiger partial charge is 0.251 e. The average molecular weight is 300 g/mol. The molecule has 2 aliphatic rings. The van der Waals surface area contributed by atoms with Crippen LogP contribution in [0, 0.1) is 12.8 Å². The Morgan fingerprint density at radius 3 is 3.09 bits per heavy atom. The van der Waals surface area contributed by atoms with Crippen LogP contribution in [0.2, 0.25) is 0 Å². The van der Waals surface area contributed by atoms with Gasteiger partial charge in [0.1, 0.15) is 11.6 Å². The zero-order valence-corrected chi connectivity index (χ0v) is 12.2. The van der Waals surface area contributed by atoms with Crippen molar-refractivity contribution in [3.63, 3.8) is 0 Å². The number of carbonyl (C=O) groups is 1. The number of nitrogens with zero attached hydrogens (tertiary/aromatic N) is 3. The molecule has 1 amide bonds. The Morgan fingerprint density at radius 2 is 2.23 bits per heavy atom. The molecule has 1 N–H and O–H groups in total. The van der Waals surface area contributed by atoms with E-state index in [-0.39, 0.29) is 12.7 Å². The van der Waals surface area contributed by atoms with Gasteiger partial charge in [-0.3, -0.25) is 4.79 Å². The van der Waals surface area contributed by atoms with Crippen LogP contribution < -0.4 is 14.8 Å². The van der Waals surface area contributed by atoms with Crippen LogP contribution in [0.25, 0.3) is 0 Å². The van der Waals surface area contributed by atoms with Gasteiger partial charge >= 0.3 is 0 Å². The van der Waals surface area contributed by atoms with E-state index >= 15 is 0 Å². The van der Waals surface area contributed by atoms with Crippen molar-refractivity contribution in [3.05, 3.63) is 35.4 Å². The Labute approximate surface area is 127 Å². The Balaban J connectivity index is 1.37. The van der Waals surface area contributed by atoms with Crippen LogP contribution in [0.4, 0.5) is 0 Å². The van der Waals surface area contributed by atoms with Gasteiger partial charge in [0.25, 0.3) is 5.91 Å². The first-order valence-corrected chi connectivity index (χ1v) is 7.27. The largest absolute Gasteiger partial charge is 0.454 e. The van der Waals surface area contributed by atoms with Gasteiger partial charge < -0.3 is 19.4 Å². The number of ether oxygens (including phenoxy) is 2. The monoisotopic (exact) mass is 300 g/mol. The second kappa shape index (κ2) is 5.01. The molecule has 4 rings (SSSR count). The number of aromatic nitrogens is 3. The van der Waals surface area contributed by atoms with Gasteiger partial charge in [0.2, 0.25) is 6.79 Å². The SMILES string of the molecule is Cc1nnc2n1CC(CNC(=O)c1ccc3c(c1)OCO3)C2. The van der Waals surface area contributed by atoms with Gasteiger partial charge in [-0.1, -0.05) is 0 Å². The lowest BCUT2D eigenvalue weighted by Crippen LogP contribution is -2.30. The van der Waals surface area contributed by atoms with Crippen molar-refractivity contribution in [2.24, 2.45) is 5.92 Å². The van der Waals surface area contributed by atoms with Crippen molar-refractivity contribution in [1.82, 2.24) is 20.1 Å². The second-order valence-corrected chi connectivity index (χ2v) is 5.62. The van der Waals surface area contributed by atoms with Gasteiger partial charge in [-0.05, 0) is 25.1 Å². The molecular weight excluding hydrogens is 284 g/mol. The highest BCUT2D eigenvalue weighted by Gasteiger charge is 2.25. The van der Waals surface area contributed by atoms with E-state index in [1.54, 1.807) is 18.2 Å². The van der Waals surface area contributed by atoms with Crippen molar-refractivity contribution in [2.45, 2.75) is 19.9 Å². The molecule has 0 spiro atoms. The molecule has 2 aromatic rings. The van der Waals surface area contributed by atoms with E-state index in [9.17, 15) is 4.79 Å². The van der Waals surface area contributed by atoms with E-state index in [1.165, 1.54) is 0 Å². The molecule has 3 heterocycles. The topological polar surface area (TPSA) is 78.3 Å². The number of benzene rings is 1. The van der Waals surface area contributed by atoms with Crippen molar-refractivity contribution in [1.29, 1.82) is 0 Å². The van der Waals surface area contributed by atoms with E-state index in [0.29, 0.717) is 29.5 Å². The Bertz CT molecular complexity index is 740. The highest BCUT2D eigenvalue weighted by molar-refractivity contribution is 5.94. The van der Waals surface area contributed by atoms with Crippen molar-refractivity contribution >= 4 is 5.91 Å². The number of hydrogen-bond acceptors (Lipinski definition) is 5. The third-order valence-corrected chi connectivity index (χ3v) is 4.11. The predicted octanol–water partition coefficient (Wildman–Crippen LogP) is 0.918. The summed E-state index contributed by atoms with van der Waals surface area (Å²) in [5.74, 6) is 3.50. The number of aryl methyl sites for hydroxylation is 1. The maximum atomic E-state index is 12.2. The first-order chi connectivity index (χ1) is 10.7. The molecule has 1 aromatic heterocycles. The standard InChI is InChI=1S/C15H16N4O3/c1-9-17-18-14-4-10(7-19(9)14)6-16-15(20)11-2-3-12-13(5-11)22-8-21-12/h2-3,5,10H,4,6-8H2,1H3,(H,16,20). The summed E-state index contributed by atoms with van der Waals surface area (Å²) in [4.78, 5) is 12.2. The van der Waals surface area contributed by atoms with Gasteiger partial charge in [0, 0.05) is 31.0 Å². The molecule has 0 aliphatic carbocycles. The minimum Gasteiger partial charge on any atom is -0.454 e. The fourth-order valence-corrected chi connectivity index (χ4v) is 2.91. The minimum absolute atomic E-state index is 0.0994. The van der Waals surface area contributed by atoms with Gasteiger partial charge in [-0.2, -0.15) is 0 Å². The van der Waals surface area contributed by atoms with Crippen molar-refractivity contribution < 1.29 is 14.3 Å². The molecule has 1 atom stereocenters. The number of rotatable bonds is 3. The summed E-state index contributed by atoms with van der Waals surface area (Å²) in [6.45, 7) is 3.64. The van der Waals surface area contributed by atoms with Crippen molar-refractivity contribution in [2.75, 3.05) is 13.3 Å². The quantitative estimate of drug-likeness (QED) is 0.912. The van der Waals surface area contributed by atoms with Crippen molar-refractivity contribution in [3.8, 4) is 11.5 Å². The van der Waals surface area contributed by atoms with Crippen LogP contribution in [-0.4, -0.2) is 34.0 Å². The molecule has 7 nitrogen and oxygen atoms in total. The van der Waals surface area contributed by atoms with Gasteiger partial charge in [0.15, 0.2) is 11.5 Å². The summed E-state index contributed by atoms with van der Waals surface area (Å²) in [6.07, 6.45) is 0.849. The van der Waals surface area contributed by atoms with Gasteiger partial charge in [0.05, 0.1) is 0 Å². The lowest BCUT2D eigenvalue weighted by molar-refractivity contribution is 0.0946. The van der Waals surface area contributed by atoms with Crippen LogP contribution in [0.15, 0.2) is 18.2 Å². The highest BCUT2D eigenvalue weighted by atomic mass is 16.7. The van der Waals surface area contributed by atoms with Crippen LogP contribution in [0.1, 0.15) is 22.0 Å². The molecule has 0 saturated heterocycles. The summed E-state index contributed by atoms with van der Waals surface area (Å²) in [5.41, 5.74) is 0.581. The molecular formula is C15H16N4O3. The number of nitrogens with one attached hydrogen (secondary N) is 1. The summed E-state index contributed by atoms with van der Waals surface area (Å²) >= 11 is 0. The molecule has 7 heteroatoms. The van der Waals surface area contributed by atoms with Crippen LogP contribution >= 0.6 is 0 Å². The molecule has 1 unspecified atom stereocenters. The van der Waals surface area contributed by atoms with Crippen LogP contribution in [-0.2, 0) is 13.0 Å². The number of amides is 1. The Hall–Kier alpha value is -2.57. The molecule has 114 valence electrons. The summed E-state index contributed by atoms with van der Waals surface area (Å²) in [6, 6.07) is 5.22. The molecule has 0 radical (unpaired) electrons.